The molecule has 1 nitrogen and oxygen atoms in total. The van der Waals surface area contributed by atoms with Gasteiger partial charge in [0, 0.05) is 11.3 Å². The Balaban J connectivity index is 1.68. The first-order valence-electron chi connectivity index (χ1n) is 10.4. The lowest BCUT2D eigenvalue weighted by Crippen LogP contribution is -1.90. The Bertz CT molecular complexity index is 948. The van der Waals surface area contributed by atoms with Crippen molar-refractivity contribution in [1.82, 2.24) is 0 Å². The minimum atomic E-state index is 0.0868. The van der Waals surface area contributed by atoms with Gasteiger partial charge >= 0.3 is 0 Å². The molecule has 0 atom stereocenters. The highest BCUT2D eigenvalue weighted by molar-refractivity contribution is 7.14. The Kier molecular flexibility index (Phi) is 8.21. The second-order valence-electron chi connectivity index (χ2n) is 7.21. The lowest BCUT2D eigenvalue weighted by atomic mass is 10.0. The van der Waals surface area contributed by atoms with Crippen molar-refractivity contribution in [3.05, 3.63) is 111 Å². The zero-order chi connectivity index (χ0) is 20.3. The molecule has 0 aliphatic heterocycles. The molecule has 1 heterocycles. The average Bonchev–Trinajstić information content (AvgIpc) is 3.22. The fourth-order valence-electron chi connectivity index (χ4n) is 3.21. The van der Waals surface area contributed by atoms with Crippen LogP contribution in [0.5, 0.6) is 0 Å². The van der Waals surface area contributed by atoms with Crippen molar-refractivity contribution in [3.63, 3.8) is 0 Å². The summed E-state index contributed by atoms with van der Waals surface area (Å²) in [5, 5.41) is 0. The smallest absolute Gasteiger partial charge is 0.195 e. The van der Waals surface area contributed by atoms with Gasteiger partial charge in [0.15, 0.2) is 5.78 Å². The lowest BCUT2D eigenvalue weighted by Gasteiger charge is -2.03. The van der Waals surface area contributed by atoms with Gasteiger partial charge in [0.1, 0.15) is 0 Å². The highest BCUT2D eigenvalue weighted by Gasteiger charge is 2.07. The van der Waals surface area contributed by atoms with Gasteiger partial charge in [-0.3, -0.25) is 4.79 Å². The van der Waals surface area contributed by atoms with Gasteiger partial charge in [0.05, 0.1) is 4.88 Å². The number of rotatable bonds is 10. The number of unbranched alkanes of at least 4 members (excludes halogenated alkanes) is 2. The molecule has 3 rings (SSSR count). The molecule has 0 saturated carbocycles. The molecule has 0 fully saturated rings. The van der Waals surface area contributed by atoms with Crippen molar-refractivity contribution in [2.45, 2.75) is 39.0 Å². The summed E-state index contributed by atoms with van der Waals surface area (Å²) in [5.74, 6) is 0.0868. The van der Waals surface area contributed by atoms with Crippen LogP contribution in [0.2, 0.25) is 0 Å². The van der Waals surface area contributed by atoms with Crippen LogP contribution in [0.1, 0.15) is 58.3 Å². The van der Waals surface area contributed by atoms with Crippen molar-refractivity contribution < 1.29 is 4.79 Å². The van der Waals surface area contributed by atoms with Gasteiger partial charge in [-0.05, 0) is 47.8 Å². The van der Waals surface area contributed by atoms with Crippen LogP contribution in [-0.2, 0) is 6.42 Å². The van der Waals surface area contributed by atoms with Gasteiger partial charge in [-0.15, -0.1) is 11.3 Å². The minimum absolute atomic E-state index is 0.0868. The summed E-state index contributed by atoms with van der Waals surface area (Å²) in [6.45, 7) is 2.21. The molecule has 0 N–H and O–H groups in total. The number of benzene rings is 2. The largest absolute Gasteiger partial charge is 0.288 e. The van der Waals surface area contributed by atoms with Crippen molar-refractivity contribution in [1.29, 1.82) is 0 Å². The Morgan fingerprint density at radius 3 is 2.31 bits per heavy atom. The molecule has 2 heteroatoms. The maximum atomic E-state index is 12.7. The molecule has 0 unspecified atom stereocenters. The summed E-state index contributed by atoms with van der Waals surface area (Å²) >= 11 is 1.59. The first-order valence-corrected chi connectivity index (χ1v) is 11.2. The number of allylic oxidation sites excluding steroid dienone is 3. The molecule has 0 radical (unpaired) electrons. The van der Waals surface area contributed by atoms with Crippen LogP contribution in [0.4, 0.5) is 0 Å². The quantitative estimate of drug-likeness (QED) is 0.147. The Labute approximate surface area is 178 Å². The third-order valence-electron chi connectivity index (χ3n) is 4.80. The van der Waals surface area contributed by atoms with Gasteiger partial charge in [0.25, 0.3) is 0 Å². The van der Waals surface area contributed by atoms with Gasteiger partial charge in [-0.2, -0.15) is 0 Å². The molecule has 2 aromatic carbocycles. The van der Waals surface area contributed by atoms with Crippen LogP contribution in [0.25, 0.3) is 6.08 Å². The number of carbonyl (C=O) groups excluding carboxylic acids is 1. The average molecular weight is 401 g/mol. The third kappa shape index (κ3) is 6.99. The molecule has 1 aromatic heterocycles. The molecule has 148 valence electrons. The third-order valence-corrected chi connectivity index (χ3v) is 5.89. The monoisotopic (exact) mass is 400 g/mol. The number of carbonyl (C=O) groups is 1. The summed E-state index contributed by atoms with van der Waals surface area (Å²) in [6, 6.07) is 24.7. The van der Waals surface area contributed by atoms with Crippen LogP contribution in [-0.4, -0.2) is 5.78 Å². The second-order valence-corrected chi connectivity index (χ2v) is 8.38. The number of hydrogen-bond donors (Lipinski definition) is 0. The van der Waals surface area contributed by atoms with Crippen molar-refractivity contribution in [2.75, 3.05) is 0 Å². The first-order chi connectivity index (χ1) is 14.2. The van der Waals surface area contributed by atoms with Gasteiger partial charge in [-0.25, -0.2) is 0 Å². The topological polar surface area (TPSA) is 17.1 Å². The van der Waals surface area contributed by atoms with E-state index in [2.05, 4.69) is 55.5 Å². The fourth-order valence-corrected chi connectivity index (χ4v) is 4.18. The minimum Gasteiger partial charge on any atom is -0.288 e. The van der Waals surface area contributed by atoms with Gasteiger partial charge in [-0.1, -0.05) is 92.6 Å². The molecular weight excluding hydrogens is 372 g/mol. The molecule has 0 aliphatic carbocycles. The summed E-state index contributed by atoms with van der Waals surface area (Å²) in [5.41, 5.74) is 3.66. The molecule has 0 amide bonds. The molecule has 0 bridgehead atoms. The summed E-state index contributed by atoms with van der Waals surface area (Å²) < 4.78 is 0. The first kappa shape index (κ1) is 21.0. The van der Waals surface area contributed by atoms with E-state index in [9.17, 15) is 4.79 Å². The van der Waals surface area contributed by atoms with E-state index in [1.54, 1.807) is 17.4 Å². The summed E-state index contributed by atoms with van der Waals surface area (Å²) in [6.07, 6.45) is 11.3. The second kappa shape index (κ2) is 11.3. The van der Waals surface area contributed by atoms with Crippen LogP contribution in [0.3, 0.4) is 0 Å². The molecule has 0 saturated heterocycles. The van der Waals surface area contributed by atoms with E-state index < -0.39 is 0 Å². The molecule has 0 spiro atoms. The standard InChI is InChI=1S/C27H28OS/c1-2-3-6-11-24(20-22-12-7-4-8-13-22)16-18-26(28)27-19-17-25(29-27)21-23-14-9-5-10-15-23/h4-5,7-10,12-20H,2-3,6,11,21H2,1H3/b18-16+,24-20-. The van der Waals surface area contributed by atoms with Gasteiger partial charge < -0.3 is 0 Å². The van der Waals surface area contributed by atoms with Crippen LogP contribution in [0, 0.1) is 0 Å². The highest BCUT2D eigenvalue weighted by atomic mass is 32.1. The zero-order valence-electron chi connectivity index (χ0n) is 17.0. The predicted octanol–water partition coefficient (Wildman–Crippen LogP) is 7.74. The van der Waals surface area contributed by atoms with E-state index in [0.717, 1.165) is 24.1 Å². The Morgan fingerprint density at radius 1 is 0.862 bits per heavy atom. The molecule has 3 aromatic rings. The van der Waals surface area contributed by atoms with E-state index in [0.29, 0.717) is 0 Å². The highest BCUT2D eigenvalue weighted by Crippen LogP contribution is 2.22. The van der Waals surface area contributed by atoms with Gasteiger partial charge in [0.2, 0.25) is 0 Å². The maximum Gasteiger partial charge on any atom is 0.195 e. The Morgan fingerprint density at radius 2 is 1.59 bits per heavy atom. The fraction of sp³-hybridized carbons (Fsp3) is 0.222. The van der Waals surface area contributed by atoms with E-state index in [1.807, 2.05) is 36.4 Å². The molecule has 0 aliphatic rings. The maximum absolute atomic E-state index is 12.7. The van der Waals surface area contributed by atoms with E-state index in [4.69, 9.17) is 0 Å². The van der Waals surface area contributed by atoms with E-state index >= 15 is 0 Å². The normalized spacial score (nSPS) is 11.8. The van der Waals surface area contributed by atoms with Crippen LogP contribution in [0.15, 0.2) is 90.5 Å². The van der Waals surface area contributed by atoms with Crippen molar-refractivity contribution >= 4 is 23.2 Å². The Hall–Kier alpha value is -2.71. The number of hydrogen-bond acceptors (Lipinski definition) is 2. The van der Waals surface area contributed by atoms with E-state index in [-0.39, 0.29) is 5.78 Å². The van der Waals surface area contributed by atoms with Crippen molar-refractivity contribution in [3.8, 4) is 0 Å². The van der Waals surface area contributed by atoms with Crippen molar-refractivity contribution in [2.24, 2.45) is 0 Å². The molecular formula is C27H28OS. The lowest BCUT2D eigenvalue weighted by molar-refractivity contribution is 0.105. The predicted molar refractivity (Wildman–Crippen MR) is 126 cm³/mol. The summed E-state index contributed by atoms with van der Waals surface area (Å²) in [7, 11) is 0. The van der Waals surface area contributed by atoms with Crippen LogP contribution >= 0.6 is 11.3 Å². The zero-order valence-corrected chi connectivity index (χ0v) is 17.8. The summed E-state index contributed by atoms with van der Waals surface area (Å²) in [4.78, 5) is 14.7. The van der Waals surface area contributed by atoms with Crippen LogP contribution < -0.4 is 0 Å². The molecule has 29 heavy (non-hydrogen) atoms. The number of ketones is 1. The number of thiophene rings is 1. The SMILES string of the molecule is CCCCCC(=C/c1ccccc1)/C=C/C(=O)c1ccc(Cc2ccccc2)s1. The van der Waals surface area contributed by atoms with E-state index in [1.165, 1.54) is 34.4 Å².